The zero-order valence-electron chi connectivity index (χ0n) is 11.0. The highest BCUT2D eigenvalue weighted by atomic mass is 16.1. The number of carbonyl (C=O) groups is 1. The number of nitrogens with one attached hydrogen (secondary N) is 1. The van der Waals surface area contributed by atoms with Crippen LogP contribution >= 0.6 is 0 Å². The second kappa shape index (κ2) is 7.93. The van der Waals surface area contributed by atoms with Crippen LogP contribution in [-0.2, 0) is 4.79 Å². The van der Waals surface area contributed by atoms with Crippen LogP contribution < -0.4 is 5.32 Å². The van der Waals surface area contributed by atoms with Gasteiger partial charge in [0.05, 0.1) is 0 Å². The van der Waals surface area contributed by atoms with Crippen LogP contribution in [0.25, 0.3) is 0 Å². The minimum Gasteiger partial charge on any atom is -0.374 e. The molecule has 3 nitrogen and oxygen atoms in total. The molecule has 0 radical (unpaired) electrons. The lowest BCUT2D eigenvalue weighted by molar-refractivity contribution is -0.121. The summed E-state index contributed by atoms with van der Waals surface area (Å²) >= 11 is 0. The number of amides is 1. The molecular weight excluding hydrogens is 212 g/mol. The van der Waals surface area contributed by atoms with Gasteiger partial charge in [-0.3, -0.25) is 4.79 Å². The first-order chi connectivity index (χ1) is 8.22. The molecule has 1 atom stereocenters. The smallest absolute Gasteiger partial charge is 0.220 e. The number of nitrogens with zero attached hydrogens (tertiary/aromatic N) is 1. The van der Waals surface area contributed by atoms with Gasteiger partial charge in [0.25, 0.3) is 0 Å². The topological polar surface area (TPSA) is 32.3 Å². The van der Waals surface area contributed by atoms with Crippen molar-refractivity contribution in [2.75, 3.05) is 13.1 Å². The molecule has 17 heavy (non-hydrogen) atoms. The Morgan fingerprint density at radius 3 is 2.94 bits per heavy atom. The summed E-state index contributed by atoms with van der Waals surface area (Å²) in [4.78, 5) is 13.8. The van der Waals surface area contributed by atoms with E-state index >= 15 is 0 Å². The summed E-state index contributed by atoms with van der Waals surface area (Å²) in [5.74, 6) is 0.183. The molecule has 1 aliphatic rings. The van der Waals surface area contributed by atoms with Gasteiger partial charge in [-0.2, -0.15) is 0 Å². The largest absolute Gasteiger partial charge is 0.374 e. The highest BCUT2D eigenvalue weighted by Crippen LogP contribution is 2.02. The molecule has 0 aromatic rings. The Kier molecular flexibility index (Phi) is 6.45. The lowest BCUT2D eigenvalue weighted by Gasteiger charge is -2.20. The van der Waals surface area contributed by atoms with E-state index in [2.05, 4.69) is 42.4 Å². The molecule has 1 amide bonds. The van der Waals surface area contributed by atoms with E-state index in [9.17, 15) is 4.79 Å². The van der Waals surface area contributed by atoms with E-state index in [0.29, 0.717) is 12.5 Å². The van der Waals surface area contributed by atoms with Crippen molar-refractivity contribution in [3.63, 3.8) is 0 Å². The van der Waals surface area contributed by atoms with Crippen molar-refractivity contribution >= 4 is 5.91 Å². The summed E-state index contributed by atoms with van der Waals surface area (Å²) in [7, 11) is 0. The van der Waals surface area contributed by atoms with Gasteiger partial charge >= 0.3 is 0 Å². The first-order valence-corrected chi connectivity index (χ1v) is 6.59. The molecule has 3 heteroatoms. The summed E-state index contributed by atoms with van der Waals surface area (Å²) in [6.07, 6.45) is 12.0. The van der Waals surface area contributed by atoms with E-state index in [0.717, 1.165) is 32.4 Å². The Hall–Kier alpha value is -1.25. The van der Waals surface area contributed by atoms with Gasteiger partial charge in [-0.1, -0.05) is 25.5 Å². The maximum atomic E-state index is 11.6. The molecule has 96 valence electrons. The highest BCUT2D eigenvalue weighted by Gasteiger charge is 2.07. The van der Waals surface area contributed by atoms with Crippen molar-refractivity contribution in [3.05, 3.63) is 24.4 Å². The van der Waals surface area contributed by atoms with Crippen molar-refractivity contribution in [1.29, 1.82) is 0 Å². The summed E-state index contributed by atoms with van der Waals surface area (Å²) in [5, 5.41) is 3.03. The van der Waals surface area contributed by atoms with E-state index < -0.39 is 0 Å². The quantitative estimate of drug-likeness (QED) is 0.736. The molecule has 1 rings (SSSR count). The lowest BCUT2D eigenvalue weighted by atomic mass is 10.2. The third-order valence-corrected chi connectivity index (χ3v) is 2.86. The third-order valence-electron chi connectivity index (χ3n) is 2.86. The standard InChI is InChI=1S/C14H24N2O/c1-3-8-13(2)15-14(17)9-7-12-16-10-5-4-6-11-16/h4-6,10,13H,3,7-9,11-12H2,1-2H3,(H,15,17). The Bertz CT molecular complexity index is 284. The monoisotopic (exact) mass is 236 g/mol. The third kappa shape index (κ3) is 6.15. The van der Waals surface area contributed by atoms with Crippen molar-refractivity contribution in [2.24, 2.45) is 0 Å². The first kappa shape index (κ1) is 13.8. The summed E-state index contributed by atoms with van der Waals surface area (Å²) in [6.45, 7) is 6.12. The average molecular weight is 236 g/mol. The van der Waals surface area contributed by atoms with Crippen molar-refractivity contribution < 1.29 is 4.79 Å². The second-order valence-electron chi connectivity index (χ2n) is 4.63. The number of hydrogen-bond acceptors (Lipinski definition) is 2. The Morgan fingerprint density at radius 1 is 1.47 bits per heavy atom. The second-order valence-corrected chi connectivity index (χ2v) is 4.63. The number of carbonyl (C=O) groups excluding carboxylic acids is 1. The van der Waals surface area contributed by atoms with Crippen molar-refractivity contribution in [1.82, 2.24) is 10.2 Å². The van der Waals surface area contributed by atoms with Crippen LogP contribution in [0, 0.1) is 0 Å². The molecule has 1 aliphatic heterocycles. The Labute approximate surface area is 105 Å². The fourth-order valence-corrected chi connectivity index (χ4v) is 1.97. The van der Waals surface area contributed by atoms with Gasteiger partial charge in [0.2, 0.25) is 5.91 Å². The summed E-state index contributed by atoms with van der Waals surface area (Å²) in [6, 6.07) is 0.310. The molecule has 1 heterocycles. The van der Waals surface area contributed by atoms with Gasteiger partial charge < -0.3 is 10.2 Å². The number of allylic oxidation sites excluding steroid dienone is 2. The number of rotatable bonds is 7. The molecule has 0 fully saturated rings. The van der Waals surface area contributed by atoms with Crippen LogP contribution in [0.1, 0.15) is 39.5 Å². The van der Waals surface area contributed by atoms with Crippen LogP contribution in [0.2, 0.25) is 0 Å². The van der Waals surface area contributed by atoms with E-state index in [1.165, 1.54) is 0 Å². The zero-order chi connectivity index (χ0) is 12.5. The molecule has 1 unspecified atom stereocenters. The van der Waals surface area contributed by atoms with Gasteiger partial charge in [-0.05, 0) is 32.0 Å². The van der Waals surface area contributed by atoms with Crippen LogP contribution in [-0.4, -0.2) is 29.9 Å². The molecule has 0 saturated heterocycles. The average Bonchev–Trinajstić information content (AvgIpc) is 2.30. The van der Waals surface area contributed by atoms with E-state index in [-0.39, 0.29) is 5.91 Å². The van der Waals surface area contributed by atoms with Crippen molar-refractivity contribution in [2.45, 2.75) is 45.6 Å². The maximum absolute atomic E-state index is 11.6. The molecular formula is C14H24N2O. The van der Waals surface area contributed by atoms with E-state index in [4.69, 9.17) is 0 Å². The molecule has 0 bridgehead atoms. The SMILES string of the molecule is CCCC(C)NC(=O)CCCN1C=CC=CC1. The summed E-state index contributed by atoms with van der Waals surface area (Å²) in [5.41, 5.74) is 0. The van der Waals surface area contributed by atoms with Gasteiger partial charge in [-0.25, -0.2) is 0 Å². The van der Waals surface area contributed by atoms with Gasteiger partial charge in [0.15, 0.2) is 0 Å². The summed E-state index contributed by atoms with van der Waals surface area (Å²) < 4.78 is 0. The predicted octanol–water partition coefficient (Wildman–Crippen LogP) is 2.46. The Balaban J connectivity index is 2.07. The fourth-order valence-electron chi connectivity index (χ4n) is 1.97. The normalized spacial score (nSPS) is 16.0. The van der Waals surface area contributed by atoms with Crippen LogP contribution in [0.15, 0.2) is 24.4 Å². The molecule has 0 spiro atoms. The minimum absolute atomic E-state index is 0.183. The van der Waals surface area contributed by atoms with Gasteiger partial charge in [0, 0.05) is 25.6 Å². The lowest BCUT2D eigenvalue weighted by Crippen LogP contribution is -2.32. The molecule has 0 saturated carbocycles. The predicted molar refractivity (Wildman–Crippen MR) is 71.6 cm³/mol. The fraction of sp³-hybridized carbons (Fsp3) is 0.643. The molecule has 0 aromatic carbocycles. The Morgan fingerprint density at radius 2 is 2.29 bits per heavy atom. The number of hydrogen-bond donors (Lipinski definition) is 1. The van der Waals surface area contributed by atoms with E-state index in [1.54, 1.807) is 0 Å². The first-order valence-electron chi connectivity index (χ1n) is 6.59. The van der Waals surface area contributed by atoms with Crippen LogP contribution in [0.5, 0.6) is 0 Å². The van der Waals surface area contributed by atoms with Gasteiger partial charge in [-0.15, -0.1) is 0 Å². The molecule has 0 aliphatic carbocycles. The maximum Gasteiger partial charge on any atom is 0.220 e. The van der Waals surface area contributed by atoms with Crippen LogP contribution in [0.3, 0.4) is 0 Å². The zero-order valence-corrected chi connectivity index (χ0v) is 11.0. The molecule has 1 N–H and O–H groups in total. The molecule has 0 aromatic heterocycles. The van der Waals surface area contributed by atoms with Gasteiger partial charge in [0.1, 0.15) is 0 Å². The highest BCUT2D eigenvalue weighted by molar-refractivity contribution is 5.76. The van der Waals surface area contributed by atoms with E-state index in [1.807, 2.05) is 6.08 Å². The minimum atomic E-state index is 0.183. The van der Waals surface area contributed by atoms with Crippen molar-refractivity contribution in [3.8, 4) is 0 Å². The van der Waals surface area contributed by atoms with Crippen LogP contribution in [0.4, 0.5) is 0 Å².